The average Bonchev–Trinajstić information content (AvgIpc) is 3.33. The molecule has 2 aliphatic carbocycles. The number of benzene rings is 1. The van der Waals surface area contributed by atoms with Gasteiger partial charge >= 0.3 is 5.97 Å². The molecule has 0 radical (unpaired) electrons. The van der Waals surface area contributed by atoms with Crippen LogP contribution in [0.25, 0.3) is 0 Å². The van der Waals surface area contributed by atoms with Crippen LogP contribution < -0.4 is 4.74 Å². The fourth-order valence-electron chi connectivity index (χ4n) is 4.29. The number of carbonyl (C=O) groups excluding carboxylic acids is 1. The maximum atomic E-state index is 13.8. The number of nitrogens with zero attached hydrogens (tertiary/aromatic N) is 1. The van der Waals surface area contributed by atoms with Crippen molar-refractivity contribution in [2.75, 3.05) is 13.1 Å². The summed E-state index contributed by atoms with van der Waals surface area (Å²) >= 11 is 0. The molecule has 4 rings (SSSR count). The maximum absolute atomic E-state index is 13.8. The van der Waals surface area contributed by atoms with Crippen LogP contribution in [0.5, 0.6) is 5.75 Å². The smallest absolute Gasteiger partial charge is 0.348 e. The molecule has 1 N–H and O–H groups in total. The van der Waals surface area contributed by atoms with Gasteiger partial charge in [-0.05, 0) is 36.8 Å². The van der Waals surface area contributed by atoms with E-state index in [9.17, 15) is 19.1 Å². The molecule has 1 aliphatic heterocycles. The van der Waals surface area contributed by atoms with Gasteiger partial charge in [-0.2, -0.15) is 0 Å². The van der Waals surface area contributed by atoms with Crippen molar-refractivity contribution in [3.05, 3.63) is 30.1 Å². The van der Waals surface area contributed by atoms with Gasteiger partial charge in [-0.15, -0.1) is 0 Å². The zero-order chi connectivity index (χ0) is 17.7. The Balaban J connectivity index is 1.43. The molecule has 2 saturated carbocycles. The van der Waals surface area contributed by atoms with Crippen molar-refractivity contribution in [3.8, 4) is 5.75 Å². The van der Waals surface area contributed by atoms with Crippen LogP contribution >= 0.6 is 0 Å². The summed E-state index contributed by atoms with van der Waals surface area (Å²) in [5.74, 6) is -1.45. The molecule has 3 fully saturated rings. The molecule has 6 heteroatoms. The quantitative estimate of drug-likeness (QED) is 0.909. The first-order valence-corrected chi connectivity index (χ1v) is 8.92. The van der Waals surface area contributed by atoms with Crippen LogP contribution in [-0.2, 0) is 9.59 Å². The van der Waals surface area contributed by atoms with E-state index in [1.807, 2.05) is 0 Å². The van der Waals surface area contributed by atoms with Gasteiger partial charge in [0.15, 0.2) is 11.6 Å². The summed E-state index contributed by atoms with van der Waals surface area (Å²) in [4.78, 5) is 26.2. The number of rotatable bonds is 4. The van der Waals surface area contributed by atoms with Crippen LogP contribution in [0, 0.1) is 17.2 Å². The lowest BCUT2D eigenvalue weighted by atomic mass is 9.79. The molecule has 0 unspecified atom stereocenters. The number of para-hydroxylation sites is 1. The van der Waals surface area contributed by atoms with Crippen LogP contribution in [0.3, 0.4) is 0 Å². The first kappa shape index (κ1) is 16.4. The number of hydrogen-bond acceptors (Lipinski definition) is 3. The molecule has 0 aromatic heterocycles. The number of aliphatic carboxylic acids is 1. The number of likely N-dealkylation sites (tertiary alicyclic amines) is 1. The molecular formula is C19H22FNO4. The summed E-state index contributed by atoms with van der Waals surface area (Å²) in [5, 5.41) is 9.67. The third-order valence-corrected chi connectivity index (χ3v) is 6.25. The van der Waals surface area contributed by atoms with Gasteiger partial charge in [0.25, 0.3) is 0 Å². The van der Waals surface area contributed by atoms with Crippen molar-refractivity contribution in [1.82, 2.24) is 4.90 Å². The number of carbonyl (C=O) groups is 2. The van der Waals surface area contributed by atoms with E-state index in [2.05, 4.69) is 0 Å². The Morgan fingerprint density at radius 2 is 1.84 bits per heavy atom. The van der Waals surface area contributed by atoms with Crippen molar-refractivity contribution >= 4 is 11.9 Å². The summed E-state index contributed by atoms with van der Waals surface area (Å²) < 4.78 is 19.4. The molecule has 1 saturated heterocycles. The summed E-state index contributed by atoms with van der Waals surface area (Å²) in [7, 11) is 0. The van der Waals surface area contributed by atoms with Gasteiger partial charge in [-0.1, -0.05) is 18.6 Å². The van der Waals surface area contributed by atoms with Crippen molar-refractivity contribution in [3.63, 3.8) is 0 Å². The van der Waals surface area contributed by atoms with E-state index in [-0.39, 0.29) is 35.8 Å². The predicted octanol–water partition coefficient (Wildman–Crippen LogP) is 2.84. The lowest BCUT2D eigenvalue weighted by Gasteiger charge is -2.39. The topological polar surface area (TPSA) is 66.8 Å². The zero-order valence-corrected chi connectivity index (χ0v) is 14.0. The van der Waals surface area contributed by atoms with E-state index >= 15 is 0 Å². The van der Waals surface area contributed by atoms with E-state index in [1.54, 1.807) is 11.0 Å². The molecule has 1 aromatic carbocycles. The first-order chi connectivity index (χ1) is 12.0. The molecule has 1 atom stereocenters. The number of halogens is 1. The molecule has 134 valence electrons. The molecule has 25 heavy (non-hydrogen) atoms. The number of ether oxygens (including phenoxy) is 1. The highest BCUT2D eigenvalue weighted by Gasteiger charge is 2.62. The van der Waals surface area contributed by atoms with E-state index in [4.69, 9.17) is 4.74 Å². The van der Waals surface area contributed by atoms with E-state index in [1.165, 1.54) is 24.6 Å². The second-order valence-corrected chi connectivity index (χ2v) is 7.63. The van der Waals surface area contributed by atoms with Crippen molar-refractivity contribution in [1.29, 1.82) is 0 Å². The van der Waals surface area contributed by atoms with Crippen molar-refractivity contribution in [2.45, 2.75) is 44.1 Å². The standard InChI is InChI=1S/C19H22FNO4/c20-14-4-1-2-5-15(14)25-19(17(23)24)8-10-21(11-9-19)16(22)13-12-18(13)6-3-7-18/h1-2,4-5,13H,3,6-12H2,(H,23,24)/t13-/m1/s1. The summed E-state index contributed by atoms with van der Waals surface area (Å²) in [6.45, 7) is 0.679. The van der Waals surface area contributed by atoms with E-state index < -0.39 is 17.4 Å². The minimum atomic E-state index is -1.48. The summed E-state index contributed by atoms with van der Waals surface area (Å²) in [6, 6.07) is 5.82. The Kier molecular flexibility index (Phi) is 3.74. The van der Waals surface area contributed by atoms with Crippen LogP contribution in [0.2, 0.25) is 0 Å². The predicted molar refractivity (Wildman–Crippen MR) is 87.6 cm³/mol. The van der Waals surface area contributed by atoms with Crippen LogP contribution in [0.4, 0.5) is 4.39 Å². The second-order valence-electron chi connectivity index (χ2n) is 7.63. The Hall–Kier alpha value is -2.11. The Morgan fingerprint density at radius 3 is 2.36 bits per heavy atom. The molecular weight excluding hydrogens is 325 g/mol. The third-order valence-electron chi connectivity index (χ3n) is 6.25. The summed E-state index contributed by atoms with van der Waals surface area (Å²) in [6.07, 6.45) is 4.82. The van der Waals surface area contributed by atoms with E-state index in [0.29, 0.717) is 13.1 Å². The lowest BCUT2D eigenvalue weighted by Crippen LogP contribution is -2.54. The minimum absolute atomic E-state index is 0.0553. The lowest BCUT2D eigenvalue weighted by molar-refractivity contribution is -0.162. The largest absolute Gasteiger partial charge is 0.478 e. The van der Waals surface area contributed by atoms with Gasteiger partial charge in [-0.3, -0.25) is 4.79 Å². The number of amides is 1. The van der Waals surface area contributed by atoms with Gasteiger partial charge in [0, 0.05) is 31.8 Å². The monoisotopic (exact) mass is 347 g/mol. The van der Waals surface area contributed by atoms with Crippen LogP contribution in [0.15, 0.2) is 24.3 Å². The fraction of sp³-hybridized carbons (Fsp3) is 0.579. The van der Waals surface area contributed by atoms with Gasteiger partial charge in [0.05, 0.1) is 0 Å². The highest BCUT2D eigenvalue weighted by molar-refractivity contribution is 5.84. The second kappa shape index (κ2) is 5.71. The number of carboxylic acids is 1. The van der Waals surface area contributed by atoms with Gasteiger partial charge in [0.1, 0.15) is 0 Å². The SMILES string of the molecule is O=C([C@H]1CC12CCC2)N1CCC(Oc2ccccc2F)(C(=O)O)CC1. The maximum Gasteiger partial charge on any atom is 0.348 e. The van der Waals surface area contributed by atoms with Gasteiger partial charge in [-0.25, -0.2) is 9.18 Å². The number of carboxylic acid groups (broad SMARTS) is 1. The molecule has 1 spiro atoms. The van der Waals surface area contributed by atoms with Crippen molar-refractivity contribution < 1.29 is 23.8 Å². The Labute approximate surface area is 145 Å². The average molecular weight is 347 g/mol. The Bertz CT molecular complexity index is 707. The molecule has 1 heterocycles. The first-order valence-electron chi connectivity index (χ1n) is 8.92. The molecule has 1 amide bonds. The van der Waals surface area contributed by atoms with Gasteiger partial charge in [0.2, 0.25) is 11.5 Å². The molecule has 3 aliphatic rings. The summed E-state index contributed by atoms with van der Waals surface area (Å²) in [5.41, 5.74) is -1.21. The van der Waals surface area contributed by atoms with Gasteiger partial charge < -0.3 is 14.7 Å². The van der Waals surface area contributed by atoms with Crippen LogP contribution in [-0.4, -0.2) is 40.6 Å². The number of hydrogen-bond donors (Lipinski definition) is 1. The zero-order valence-electron chi connectivity index (χ0n) is 14.0. The van der Waals surface area contributed by atoms with E-state index in [0.717, 1.165) is 19.3 Å². The molecule has 0 bridgehead atoms. The normalized spacial score (nSPS) is 26.0. The molecule has 5 nitrogen and oxygen atoms in total. The Morgan fingerprint density at radius 1 is 1.16 bits per heavy atom. The van der Waals surface area contributed by atoms with Crippen LogP contribution in [0.1, 0.15) is 38.5 Å². The number of piperidine rings is 1. The minimum Gasteiger partial charge on any atom is -0.478 e. The highest BCUT2D eigenvalue weighted by Crippen LogP contribution is 2.66. The fourth-order valence-corrected chi connectivity index (χ4v) is 4.29. The highest BCUT2D eigenvalue weighted by atomic mass is 19.1. The van der Waals surface area contributed by atoms with Crippen molar-refractivity contribution in [2.24, 2.45) is 11.3 Å². The molecule has 1 aromatic rings. The third kappa shape index (κ3) is 2.68.